The molecule has 1 aliphatic heterocycles. The van der Waals surface area contributed by atoms with Crippen molar-refractivity contribution in [3.05, 3.63) is 47.3 Å². The van der Waals surface area contributed by atoms with Crippen LogP contribution in [0.3, 0.4) is 0 Å². The Morgan fingerprint density at radius 3 is 2.67 bits per heavy atom. The molecule has 1 aromatic carbocycles. The van der Waals surface area contributed by atoms with Crippen LogP contribution in [0.25, 0.3) is 5.69 Å². The summed E-state index contributed by atoms with van der Waals surface area (Å²) in [5.74, 6) is 0.678. The molecule has 2 aliphatic rings. The Labute approximate surface area is 126 Å². The van der Waals surface area contributed by atoms with Gasteiger partial charge in [0.25, 0.3) is 0 Å². The zero-order valence-electron chi connectivity index (χ0n) is 12.5. The number of fused-ring (bicyclic) bond motifs is 1. The largest absolute Gasteiger partial charge is 0.312 e. The van der Waals surface area contributed by atoms with Crippen LogP contribution in [0.5, 0.6) is 0 Å². The summed E-state index contributed by atoms with van der Waals surface area (Å²) in [6.45, 7) is 2.06. The maximum atomic E-state index is 5.06. The first-order valence-corrected chi connectivity index (χ1v) is 8.30. The van der Waals surface area contributed by atoms with Gasteiger partial charge in [0.1, 0.15) is 0 Å². The predicted molar refractivity (Wildman–Crippen MR) is 84.8 cm³/mol. The summed E-state index contributed by atoms with van der Waals surface area (Å²) in [5.41, 5.74) is 5.50. The normalized spacial score (nSPS) is 19.4. The monoisotopic (exact) mass is 281 g/mol. The molecular weight excluding hydrogens is 258 g/mol. The van der Waals surface area contributed by atoms with Crippen molar-refractivity contribution in [2.24, 2.45) is 0 Å². The number of para-hydroxylation sites is 1. The van der Waals surface area contributed by atoms with Gasteiger partial charge in [-0.15, -0.1) is 0 Å². The average molecular weight is 281 g/mol. The van der Waals surface area contributed by atoms with Gasteiger partial charge in [-0.1, -0.05) is 37.5 Å². The van der Waals surface area contributed by atoms with E-state index in [9.17, 15) is 0 Å². The third-order valence-corrected chi connectivity index (χ3v) is 4.95. The number of rotatable bonds is 2. The molecular formula is C18H23N3. The number of nitrogens with one attached hydrogen (secondary N) is 1. The number of hydrogen-bond donors (Lipinski definition) is 1. The Bertz CT molecular complexity index is 609. The lowest BCUT2D eigenvalue weighted by molar-refractivity contribution is 0.432. The van der Waals surface area contributed by atoms with Crippen LogP contribution in [-0.2, 0) is 13.0 Å². The Hall–Kier alpha value is -1.61. The molecule has 0 spiro atoms. The first kappa shape index (κ1) is 13.1. The second-order valence-corrected chi connectivity index (χ2v) is 6.32. The third kappa shape index (κ3) is 2.40. The van der Waals surface area contributed by atoms with Crippen LogP contribution in [0.4, 0.5) is 0 Å². The molecule has 1 aliphatic carbocycles. The van der Waals surface area contributed by atoms with E-state index in [2.05, 4.69) is 40.3 Å². The molecule has 21 heavy (non-hydrogen) atoms. The maximum absolute atomic E-state index is 5.06. The van der Waals surface area contributed by atoms with E-state index in [0.29, 0.717) is 5.92 Å². The van der Waals surface area contributed by atoms with Crippen molar-refractivity contribution in [3.63, 3.8) is 0 Å². The topological polar surface area (TPSA) is 29.9 Å². The second-order valence-electron chi connectivity index (χ2n) is 6.32. The number of hydrogen-bond acceptors (Lipinski definition) is 2. The summed E-state index contributed by atoms with van der Waals surface area (Å²) < 4.78 is 2.21. The Balaban J connectivity index is 1.79. The van der Waals surface area contributed by atoms with Crippen molar-refractivity contribution in [1.82, 2.24) is 15.1 Å². The molecule has 3 heteroatoms. The summed E-state index contributed by atoms with van der Waals surface area (Å²) in [5, 5.41) is 8.59. The Kier molecular flexibility index (Phi) is 3.52. The third-order valence-electron chi connectivity index (χ3n) is 4.95. The summed E-state index contributed by atoms with van der Waals surface area (Å²) in [7, 11) is 0. The highest BCUT2D eigenvalue weighted by atomic mass is 15.3. The fourth-order valence-electron chi connectivity index (χ4n) is 3.86. The Morgan fingerprint density at radius 1 is 1.05 bits per heavy atom. The zero-order valence-corrected chi connectivity index (χ0v) is 12.5. The van der Waals surface area contributed by atoms with Gasteiger partial charge < -0.3 is 5.32 Å². The van der Waals surface area contributed by atoms with Gasteiger partial charge in [-0.2, -0.15) is 5.10 Å². The minimum absolute atomic E-state index is 0.678. The van der Waals surface area contributed by atoms with Crippen LogP contribution in [0.1, 0.15) is 55.0 Å². The van der Waals surface area contributed by atoms with Crippen molar-refractivity contribution in [1.29, 1.82) is 0 Å². The minimum atomic E-state index is 0.678. The van der Waals surface area contributed by atoms with Gasteiger partial charge in [0.2, 0.25) is 0 Å². The molecule has 0 saturated heterocycles. The fraction of sp³-hybridized carbons (Fsp3) is 0.500. The quantitative estimate of drug-likeness (QED) is 0.912. The molecule has 110 valence electrons. The smallest absolute Gasteiger partial charge is 0.0707 e. The van der Waals surface area contributed by atoms with Crippen LogP contribution in [0.2, 0.25) is 0 Å². The van der Waals surface area contributed by atoms with Gasteiger partial charge in [0, 0.05) is 31.0 Å². The highest BCUT2D eigenvalue weighted by molar-refractivity contribution is 5.40. The van der Waals surface area contributed by atoms with Crippen LogP contribution < -0.4 is 5.32 Å². The van der Waals surface area contributed by atoms with Crippen molar-refractivity contribution < 1.29 is 0 Å². The highest BCUT2D eigenvalue weighted by Crippen LogP contribution is 2.36. The van der Waals surface area contributed by atoms with Crippen molar-refractivity contribution >= 4 is 0 Å². The molecule has 1 saturated carbocycles. The summed E-state index contributed by atoms with van der Waals surface area (Å²) in [6.07, 6.45) is 7.85. The number of aromatic nitrogens is 2. The molecule has 0 bridgehead atoms. The molecule has 1 aromatic heterocycles. The van der Waals surface area contributed by atoms with E-state index < -0.39 is 0 Å². The van der Waals surface area contributed by atoms with Gasteiger partial charge >= 0.3 is 0 Å². The van der Waals surface area contributed by atoms with E-state index in [-0.39, 0.29) is 0 Å². The first-order valence-electron chi connectivity index (χ1n) is 8.30. The molecule has 0 atom stereocenters. The van der Waals surface area contributed by atoms with Gasteiger partial charge in [0.05, 0.1) is 17.1 Å². The van der Waals surface area contributed by atoms with E-state index in [0.717, 1.165) is 19.5 Å². The predicted octanol–water partition coefficient (Wildman–Crippen LogP) is 3.57. The fourth-order valence-corrected chi connectivity index (χ4v) is 3.86. The maximum Gasteiger partial charge on any atom is 0.0707 e. The van der Waals surface area contributed by atoms with E-state index in [1.165, 1.54) is 54.7 Å². The number of benzene rings is 1. The molecule has 4 rings (SSSR count). The van der Waals surface area contributed by atoms with Gasteiger partial charge in [-0.25, -0.2) is 4.68 Å². The van der Waals surface area contributed by atoms with Gasteiger partial charge in [-0.05, 0) is 25.0 Å². The van der Waals surface area contributed by atoms with Gasteiger partial charge in [0.15, 0.2) is 0 Å². The second kappa shape index (κ2) is 5.64. The molecule has 0 unspecified atom stereocenters. The van der Waals surface area contributed by atoms with Gasteiger partial charge in [-0.3, -0.25) is 0 Å². The molecule has 2 heterocycles. The lowest BCUT2D eigenvalue weighted by atomic mass is 9.84. The highest BCUT2D eigenvalue weighted by Gasteiger charge is 2.27. The van der Waals surface area contributed by atoms with E-state index >= 15 is 0 Å². The van der Waals surface area contributed by atoms with E-state index in [1.54, 1.807) is 0 Å². The zero-order chi connectivity index (χ0) is 14.1. The summed E-state index contributed by atoms with van der Waals surface area (Å²) in [6, 6.07) is 10.6. The van der Waals surface area contributed by atoms with Crippen molar-refractivity contribution in [2.45, 2.75) is 51.0 Å². The Morgan fingerprint density at radius 2 is 1.86 bits per heavy atom. The summed E-state index contributed by atoms with van der Waals surface area (Å²) in [4.78, 5) is 0. The number of nitrogens with zero attached hydrogens (tertiary/aromatic N) is 2. The summed E-state index contributed by atoms with van der Waals surface area (Å²) >= 11 is 0. The van der Waals surface area contributed by atoms with Crippen LogP contribution >= 0.6 is 0 Å². The van der Waals surface area contributed by atoms with Crippen molar-refractivity contribution in [2.75, 3.05) is 6.54 Å². The SMILES string of the molecule is c1ccc(-n2nc(C3CCCCC3)c3c2CCNC3)cc1. The molecule has 2 aromatic rings. The van der Waals surface area contributed by atoms with Crippen LogP contribution in [0, 0.1) is 0 Å². The molecule has 1 fully saturated rings. The van der Waals surface area contributed by atoms with E-state index in [4.69, 9.17) is 5.10 Å². The van der Waals surface area contributed by atoms with Crippen molar-refractivity contribution in [3.8, 4) is 5.69 Å². The lowest BCUT2D eigenvalue weighted by Crippen LogP contribution is -2.25. The molecule has 3 nitrogen and oxygen atoms in total. The average Bonchev–Trinajstić information content (AvgIpc) is 2.96. The lowest BCUT2D eigenvalue weighted by Gasteiger charge is -2.22. The van der Waals surface area contributed by atoms with E-state index in [1.807, 2.05) is 0 Å². The first-order chi connectivity index (χ1) is 10.4. The minimum Gasteiger partial charge on any atom is -0.312 e. The molecule has 0 amide bonds. The molecule has 0 radical (unpaired) electrons. The standard InChI is InChI=1S/C18H23N3/c1-3-7-14(8-4-1)18-16-13-19-12-11-17(16)21(20-18)15-9-5-2-6-10-15/h2,5-6,9-10,14,19H,1,3-4,7-8,11-13H2. The molecule has 1 N–H and O–H groups in total. The van der Waals surface area contributed by atoms with Crippen LogP contribution in [0.15, 0.2) is 30.3 Å². The van der Waals surface area contributed by atoms with Crippen LogP contribution in [-0.4, -0.2) is 16.3 Å².